The molecule has 168 valence electrons. The van der Waals surface area contributed by atoms with Gasteiger partial charge in [-0.2, -0.15) is 0 Å². The Labute approximate surface area is 188 Å². The van der Waals surface area contributed by atoms with Crippen molar-refractivity contribution in [3.63, 3.8) is 0 Å². The molecule has 0 fully saturated rings. The third-order valence-electron chi connectivity index (χ3n) is 4.76. The van der Waals surface area contributed by atoms with Crippen molar-refractivity contribution in [1.82, 2.24) is 14.7 Å². The highest BCUT2D eigenvalue weighted by molar-refractivity contribution is 5.93. The minimum Gasteiger partial charge on any atom is -0.481 e. The highest BCUT2D eigenvalue weighted by atomic mass is 16.4. The summed E-state index contributed by atoms with van der Waals surface area (Å²) >= 11 is 0. The van der Waals surface area contributed by atoms with Crippen LogP contribution in [0.3, 0.4) is 0 Å². The van der Waals surface area contributed by atoms with E-state index in [9.17, 15) is 14.7 Å². The summed E-state index contributed by atoms with van der Waals surface area (Å²) in [4.78, 5) is 32.3. The molecule has 0 aliphatic carbocycles. The molecule has 0 bridgehead atoms. The predicted octanol–water partition coefficient (Wildman–Crippen LogP) is 4.15. The van der Waals surface area contributed by atoms with Crippen LogP contribution in [0, 0.1) is 0 Å². The minimum atomic E-state index is -0.934. The highest BCUT2D eigenvalue weighted by Crippen LogP contribution is 2.22. The van der Waals surface area contributed by atoms with Gasteiger partial charge in [0.2, 0.25) is 0 Å². The second kappa shape index (κ2) is 12.8. The summed E-state index contributed by atoms with van der Waals surface area (Å²) in [7, 11) is 0. The molecule has 0 radical (unpaired) electrons. The highest BCUT2D eigenvalue weighted by Gasteiger charge is 2.24. The lowest BCUT2D eigenvalue weighted by atomic mass is 9.97. The lowest BCUT2D eigenvalue weighted by molar-refractivity contribution is -0.138. The predicted molar refractivity (Wildman–Crippen MR) is 128 cm³/mol. The van der Waals surface area contributed by atoms with Gasteiger partial charge in [-0.15, -0.1) is 6.58 Å². The van der Waals surface area contributed by atoms with Crippen LogP contribution in [-0.2, 0) is 11.2 Å². The first-order chi connectivity index (χ1) is 15.5. The molecule has 3 aromatic rings. The molecule has 0 spiro atoms. The molecular weight excluding hydrogens is 404 g/mol. The van der Waals surface area contributed by atoms with Crippen molar-refractivity contribution in [2.75, 3.05) is 13.1 Å². The fraction of sp³-hybridized carbons (Fsp3) is 0.280. The van der Waals surface area contributed by atoms with Crippen molar-refractivity contribution in [3.8, 4) is 0 Å². The van der Waals surface area contributed by atoms with E-state index in [1.165, 1.54) is 0 Å². The number of rotatable bonds is 10. The molecule has 2 N–H and O–H groups in total. The van der Waals surface area contributed by atoms with Crippen molar-refractivity contribution in [2.45, 2.75) is 32.1 Å². The van der Waals surface area contributed by atoms with E-state index in [0.717, 1.165) is 18.4 Å². The number of hydrogen-bond acceptors (Lipinski definition) is 4. The molecule has 0 aliphatic heterocycles. The monoisotopic (exact) mass is 434 g/mol. The molecule has 0 saturated heterocycles. The van der Waals surface area contributed by atoms with E-state index in [-0.39, 0.29) is 5.91 Å². The van der Waals surface area contributed by atoms with Crippen molar-refractivity contribution < 1.29 is 14.7 Å². The number of hydrogen-bond donors (Lipinski definition) is 2. The van der Waals surface area contributed by atoms with Crippen LogP contribution in [0.25, 0.3) is 5.65 Å². The molecule has 7 nitrogen and oxygen atoms in total. The van der Waals surface area contributed by atoms with E-state index in [2.05, 4.69) is 35.5 Å². The lowest BCUT2D eigenvalue weighted by Gasteiger charge is -2.09. The van der Waals surface area contributed by atoms with Crippen molar-refractivity contribution in [2.24, 2.45) is 4.99 Å². The zero-order valence-electron chi connectivity index (χ0n) is 18.4. The van der Waals surface area contributed by atoms with Gasteiger partial charge < -0.3 is 10.4 Å². The van der Waals surface area contributed by atoms with E-state index in [4.69, 9.17) is 0 Å². The van der Waals surface area contributed by atoms with E-state index >= 15 is 0 Å². The summed E-state index contributed by atoms with van der Waals surface area (Å²) in [5, 5.41) is 12.6. The number of unbranched alkanes of at least 4 members (excludes halogenated alkanes) is 1. The fourth-order valence-corrected chi connectivity index (χ4v) is 3.11. The first kappa shape index (κ1) is 24.5. The number of imidazole rings is 1. The second-order valence-corrected chi connectivity index (χ2v) is 7.19. The number of carboxylic acid groups (broad SMARTS) is 1. The van der Waals surface area contributed by atoms with Crippen LogP contribution < -0.4 is 5.32 Å². The Morgan fingerprint density at radius 3 is 2.56 bits per heavy atom. The molecular formula is C25H30N4O3. The Kier molecular flexibility index (Phi) is 9.84. The molecule has 1 atom stereocenters. The van der Waals surface area contributed by atoms with Gasteiger partial charge in [0.1, 0.15) is 17.3 Å². The Hall–Kier alpha value is -3.74. The number of carbonyl (C=O) groups is 2. The quantitative estimate of drug-likeness (QED) is 0.285. The SMILES string of the molecule is C=CCN=C.CCCCNC(=O)c1cccc2nc(C(Cc3ccccc3)C(=O)O)cn12. The average molecular weight is 435 g/mol. The maximum absolute atomic E-state index is 12.5. The number of benzene rings is 1. The van der Waals surface area contributed by atoms with E-state index < -0.39 is 11.9 Å². The summed E-state index contributed by atoms with van der Waals surface area (Å²) in [6.07, 6.45) is 5.62. The largest absolute Gasteiger partial charge is 0.481 e. The number of carboxylic acids is 1. The average Bonchev–Trinajstić information content (AvgIpc) is 3.23. The summed E-state index contributed by atoms with van der Waals surface area (Å²) < 4.78 is 1.66. The fourth-order valence-electron chi connectivity index (χ4n) is 3.11. The number of aromatic nitrogens is 2. The molecule has 2 aromatic heterocycles. The Morgan fingerprint density at radius 2 is 1.97 bits per heavy atom. The zero-order valence-corrected chi connectivity index (χ0v) is 18.4. The number of nitrogens with one attached hydrogen (secondary N) is 1. The molecule has 2 heterocycles. The normalized spacial score (nSPS) is 11.2. The Morgan fingerprint density at radius 1 is 1.22 bits per heavy atom. The van der Waals surface area contributed by atoms with Crippen LogP contribution >= 0.6 is 0 Å². The third-order valence-corrected chi connectivity index (χ3v) is 4.76. The number of fused-ring (bicyclic) bond motifs is 1. The zero-order chi connectivity index (χ0) is 23.3. The van der Waals surface area contributed by atoms with E-state index in [1.807, 2.05) is 30.3 Å². The molecule has 0 aliphatic rings. The molecule has 32 heavy (non-hydrogen) atoms. The van der Waals surface area contributed by atoms with Gasteiger partial charge in [0.05, 0.1) is 12.2 Å². The number of aliphatic imine (C=N–C) groups is 1. The van der Waals surface area contributed by atoms with Crippen LogP contribution in [-0.4, -0.2) is 46.2 Å². The lowest BCUT2D eigenvalue weighted by Crippen LogP contribution is -2.26. The molecule has 0 saturated carbocycles. The van der Waals surface area contributed by atoms with Crippen molar-refractivity contribution in [1.29, 1.82) is 0 Å². The summed E-state index contributed by atoms with van der Waals surface area (Å²) in [6.45, 7) is 9.99. The van der Waals surface area contributed by atoms with Crippen molar-refractivity contribution in [3.05, 3.63) is 84.3 Å². The maximum atomic E-state index is 12.5. The first-order valence-corrected chi connectivity index (χ1v) is 10.6. The van der Waals surface area contributed by atoms with Gasteiger partial charge in [0.25, 0.3) is 5.91 Å². The van der Waals surface area contributed by atoms with Gasteiger partial charge in [-0.05, 0) is 37.3 Å². The van der Waals surface area contributed by atoms with E-state index in [1.54, 1.807) is 34.9 Å². The summed E-state index contributed by atoms with van der Waals surface area (Å²) in [5.74, 6) is -1.90. The van der Waals surface area contributed by atoms with Gasteiger partial charge in [-0.3, -0.25) is 19.0 Å². The number of amides is 1. The van der Waals surface area contributed by atoms with Crippen LogP contribution in [0.15, 0.2) is 72.4 Å². The summed E-state index contributed by atoms with van der Waals surface area (Å²) in [5.41, 5.74) is 2.39. The van der Waals surface area contributed by atoms with Gasteiger partial charge in [-0.1, -0.05) is 55.8 Å². The number of pyridine rings is 1. The topological polar surface area (TPSA) is 96.1 Å². The van der Waals surface area contributed by atoms with E-state index in [0.29, 0.717) is 36.5 Å². The maximum Gasteiger partial charge on any atom is 0.312 e. The van der Waals surface area contributed by atoms with Crippen LogP contribution in [0.1, 0.15) is 47.4 Å². The number of nitrogens with zero attached hydrogens (tertiary/aromatic N) is 3. The molecule has 7 heteroatoms. The molecule has 1 aromatic carbocycles. The van der Waals surface area contributed by atoms with Crippen LogP contribution in [0.5, 0.6) is 0 Å². The molecule has 3 rings (SSSR count). The van der Waals surface area contributed by atoms with Gasteiger partial charge >= 0.3 is 5.97 Å². The van der Waals surface area contributed by atoms with Crippen molar-refractivity contribution >= 4 is 24.2 Å². The number of aliphatic carboxylic acids is 1. The Balaban J connectivity index is 0.000000654. The van der Waals surface area contributed by atoms with Crippen LogP contribution in [0.4, 0.5) is 0 Å². The summed E-state index contributed by atoms with van der Waals surface area (Å²) in [6, 6.07) is 14.7. The van der Waals surface area contributed by atoms with Gasteiger partial charge in [-0.25, -0.2) is 4.98 Å². The standard InChI is InChI=1S/C21H23N3O3.C4H7N/c1-2-3-12-22-20(25)18-10-7-11-19-23-17(14-24(18)19)16(21(26)27)13-15-8-5-4-6-9-15;1-3-4-5-2/h4-11,14,16H,2-3,12-13H2,1H3,(H,22,25)(H,26,27);3H,1-2,4H2. The second-order valence-electron chi connectivity index (χ2n) is 7.19. The minimum absolute atomic E-state index is 0.187. The first-order valence-electron chi connectivity index (χ1n) is 10.6. The Bertz CT molecular complexity index is 1040. The van der Waals surface area contributed by atoms with Gasteiger partial charge in [0.15, 0.2) is 0 Å². The third kappa shape index (κ3) is 6.91. The molecule has 1 amide bonds. The number of carbonyl (C=O) groups excluding carboxylic acids is 1. The van der Waals surface area contributed by atoms with Crippen LogP contribution in [0.2, 0.25) is 0 Å². The smallest absolute Gasteiger partial charge is 0.312 e. The van der Waals surface area contributed by atoms with Gasteiger partial charge in [0, 0.05) is 12.7 Å². The molecule has 1 unspecified atom stereocenters.